The highest BCUT2D eigenvalue weighted by molar-refractivity contribution is 5.81. The Kier molecular flexibility index (Phi) is 4.42. The molecule has 0 bridgehead atoms. The molecule has 2 N–H and O–H groups in total. The Hall–Kier alpha value is -2.37. The van der Waals surface area contributed by atoms with E-state index in [1.165, 1.54) is 12.8 Å². The predicted molar refractivity (Wildman–Crippen MR) is 99.7 cm³/mol. The van der Waals surface area contributed by atoms with Gasteiger partial charge in [0.15, 0.2) is 11.6 Å². The quantitative estimate of drug-likeness (QED) is 0.925. The van der Waals surface area contributed by atoms with Crippen molar-refractivity contribution in [3.8, 4) is 0 Å². The smallest absolute Gasteiger partial charge is 0.217 e. The van der Waals surface area contributed by atoms with Crippen LogP contribution in [-0.2, 0) is 4.79 Å². The average molecular weight is 339 g/mol. The lowest BCUT2D eigenvalue weighted by molar-refractivity contribution is -0.118. The summed E-state index contributed by atoms with van der Waals surface area (Å²) in [5.74, 6) is 2.06. The van der Waals surface area contributed by atoms with Crippen LogP contribution in [0.25, 0.3) is 11.0 Å². The van der Waals surface area contributed by atoms with E-state index in [0.29, 0.717) is 12.3 Å². The molecule has 132 valence electrons. The number of piperidine rings is 1. The summed E-state index contributed by atoms with van der Waals surface area (Å²) < 4.78 is 0. The van der Waals surface area contributed by atoms with Crippen LogP contribution in [0.3, 0.4) is 0 Å². The number of fused-ring (bicyclic) bond motifs is 1. The van der Waals surface area contributed by atoms with E-state index >= 15 is 0 Å². The Balaban J connectivity index is 1.71. The molecule has 1 aromatic carbocycles. The number of aromatic nitrogens is 2. The zero-order chi connectivity index (χ0) is 17.2. The Morgan fingerprint density at radius 1 is 1.00 bits per heavy atom. The third-order valence-corrected chi connectivity index (χ3v) is 5.25. The summed E-state index contributed by atoms with van der Waals surface area (Å²) in [7, 11) is 0. The molecule has 2 aliphatic rings. The van der Waals surface area contributed by atoms with Gasteiger partial charge in [0.1, 0.15) is 0 Å². The normalized spacial score (nSPS) is 21.0. The molecule has 2 aromatic rings. The zero-order valence-electron chi connectivity index (χ0n) is 14.5. The summed E-state index contributed by atoms with van der Waals surface area (Å²) >= 11 is 0. The van der Waals surface area contributed by atoms with Gasteiger partial charge in [-0.05, 0) is 43.7 Å². The van der Waals surface area contributed by atoms with Gasteiger partial charge in [0.25, 0.3) is 0 Å². The summed E-state index contributed by atoms with van der Waals surface area (Å²) in [5, 5.41) is 0. The van der Waals surface area contributed by atoms with Gasteiger partial charge in [0.05, 0.1) is 11.0 Å². The van der Waals surface area contributed by atoms with Crippen LogP contribution in [0.1, 0.15) is 32.1 Å². The van der Waals surface area contributed by atoms with Crippen LogP contribution in [0.15, 0.2) is 24.3 Å². The molecule has 0 unspecified atom stereocenters. The SMILES string of the molecule is NC(=O)C[C@H]1CCCN(c2nc3ccccc3nc2N2CCCC2)C1. The van der Waals surface area contributed by atoms with E-state index in [2.05, 4.69) is 9.80 Å². The van der Waals surface area contributed by atoms with Gasteiger partial charge in [0.2, 0.25) is 5.91 Å². The van der Waals surface area contributed by atoms with Crippen LogP contribution in [0, 0.1) is 5.92 Å². The van der Waals surface area contributed by atoms with Crippen molar-refractivity contribution in [1.82, 2.24) is 9.97 Å². The number of anilines is 2. The number of carbonyl (C=O) groups excluding carboxylic acids is 1. The van der Waals surface area contributed by atoms with E-state index in [1.54, 1.807) is 0 Å². The average Bonchev–Trinajstić information content (AvgIpc) is 3.15. The maximum Gasteiger partial charge on any atom is 0.217 e. The highest BCUT2D eigenvalue weighted by atomic mass is 16.1. The maximum absolute atomic E-state index is 11.3. The first-order valence-electron chi connectivity index (χ1n) is 9.25. The monoisotopic (exact) mass is 339 g/mol. The minimum atomic E-state index is -0.212. The number of hydrogen-bond donors (Lipinski definition) is 1. The van der Waals surface area contributed by atoms with Crippen molar-refractivity contribution < 1.29 is 4.79 Å². The maximum atomic E-state index is 11.3. The molecule has 0 spiro atoms. The lowest BCUT2D eigenvalue weighted by Crippen LogP contribution is -2.38. The molecule has 3 heterocycles. The van der Waals surface area contributed by atoms with Crippen molar-refractivity contribution in [2.45, 2.75) is 32.1 Å². The first-order valence-corrected chi connectivity index (χ1v) is 9.25. The lowest BCUT2D eigenvalue weighted by atomic mass is 9.94. The fourth-order valence-corrected chi connectivity index (χ4v) is 4.04. The van der Waals surface area contributed by atoms with E-state index < -0.39 is 0 Å². The summed E-state index contributed by atoms with van der Waals surface area (Å²) in [6.45, 7) is 3.87. The molecule has 0 radical (unpaired) electrons. The van der Waals surface area contributed by atoms with Crippen molar-refractivity contribution in [1.29, 1.82) is 0 Å². The second kappa shape index (κ2) is 6.86. The number of para-hydroxylation sites is 2. The van der Waals surface area contributed by atoms with Crippen molar-refractivity contribution in [3.05, 3.63) is 24.3 Å². The van der Waals surface area contributed by atoms with Gasteiger partial charge in [-0.15, -0.1) is 0 Å². The Bertz CT molecular complexity index is 771. The highest BCUT2D eigenvalue weighted by Crippen LogP contribution is 2.33. The number of amides is 1. The molecule has 6 nitrogen and oxygen atoms in total. The van der Waals surface area contributed by atoms with E-state index in [9.17, 15) is 4.79 Å². The van der Waals surface area contributed by atoms with Gasteiger partial charge < -0.3 is 15.5 Å². The molecular formula is C19H25N5O. The van der Waals surface area contributed by atoms with Gasteiger partial charge in [-0.3, -0.25) is 4.79 Å². The number of rotatable bonds is 4. The topological polar surface area (TPSA) is 75.4 Å². The molecule has 2 saturated heterocycles. The summed E-state index contributed by atoms with van der Waals surface area (Å²) in [6.07, 6.45) is 4.98. The molecule has 4 rings (SSSR count). The van der Waals surface area contributed by atoms with Crippen LogP contribution >= 0.6 is 0 Å². The van der Waals surface area contributed by atoms with E-state index in [-0.39, 0.29) is 5.91 Å². The van der Waals surface area contributed by atoms with Gasteiger partial charge in [-0.25, -0.2) is 9.97 Å². The number of nitrogens with zero attached hydrogens (tertiary/aromatic N) is 4. The largest absolute Gasteiger partial charge is 0.370 e. The summed E-state index contributed by atoms with van der Waals surface area (Å²) in [6, 6.07) is 8.05. The van der Waals surface area contributed by atoms with E-state index in [4.69, 9.17) is 15.7 Å². The highest BCUT2D eigenvalue weighted by Gasteiger charge is 2.27. The number of carbonyl (C=O) groups is 1. The van der Waals surface area contributed by atoms with Crippen LogP contribution in [0.5, 0.6) is 0 Å². The second-order valence-corrected chi connectivity index (χ2v) is 7.18. The molecule has 2 aliphatic heterocycles. The van der Waals surface area contributed by atoms with Gasteiger partial charge in [-0.2, -0.15) is 0 Å². The molecule has 1 amide bonds. The Labute approximate surface area is 148 Å². The standard InChI is InChI=1S/C19H25N5O/c20-17(25)12-14-6-5-11-24(13-14)19-18(23-9-3-4-10-23)21-15-7-1-2-8-16(15)22-19/h1-2,7-8,14H,3-6,9-13H2,(H2,20,25)/t14-/m1/s1. The summed E-state index contributed by atoms with van der Waals surface area (Å²) in [4.78, 5) is 25.9. The summed E-state index contributed by atoms with van der Waals surface area (Å²) in [5.41, 5.74) is 7.29. The zero-order valence-corrected chi connectivity index (χ0v) is 14.5. The van der Waals surface area contributed by atoms with E-state index in [0.717, 1.165) is 61.7 Å². The van der Waals surface area contributed by atoms with Crippen LogP contribution in [0.2, 0.25) is 0 Å². The molecule has 0 saturated carbocycles. The number of nitrogens with two attached hydrogens (primary N) is 1. The minimum Gasteiger partial charge on any atom is -0.370 e. The molecule has 1 atom stereocenters. The predicted octanol–water partition coefficient (Wildman–Crippen LogP) is 2.32. The third kappa shape index (κ3) is 3.38. The van der Waals surface area contributed by atoms with E-state index in [1.807, 2.05) is 24.3 Å². The molecule has 6 heteroatoms. The van der Waals surface area contributed by atoms with Crippen LogP contribution in [-0.4, -0.2) is 42.1 Å². The second-order valence-electron chi connectivity index (χ2n) is 7.18. The van der Waals surface area contributed by atoms with Crippen molar-refractivity contribution in [3.63, 3.8) is 0 Å². The third-order valence-electron chi connectivity index (χ3n) is 5.25. The molecule has 0 aliphatic carbocycles. The van der Waals surface area contributed by atoms with Crippen molar-refractivity contribution in [2.24, 2.45) is 11.7 Å². The van der Waals surface area contributed by atoms with Crippen LogP contribution < -0.4 is 15.5 Å². The van der Waals surface area contributed by atoms with Crippen LogP contribution in [0.4, 0.5) is 11.6 Å². The lowest BCUT2D eigenvalue weighted by Gasteiger charge is -2.35. The Morgan fingerprint density at radius 2 is 1.60 bits per heavy atom. The first-order chi connectivity index (χ1) is 12.2. The van der Waals surface area contributed by atoms with Gasteiger partial charge in [-0.1, -0.05) is 12.1 Å². The fraction of sp³-hybridized carbons (Fsp3) is 0.526. The molecule has 1 aromatic heterocycles. The fourth-order valence-electron chi connectivity index (χ4n) is 4.04. The van der Waals surface area contributed by atoms with Crippen molar-refractivity contribution >= 4 is 28.6 Å². The first kappa shape index (κ1) is 16.1. The number of primary amides is 1. The molecule has 25 heavy (non-hydrogen) atoms. The molecular weight excluding hydrogens is 314 g/mol. The Morgan fingerprint density at radius 3 is 2.24 bits per heavy atom. The number of benzene rings is 1. The molecule has 2 fully saturated rings. The van der Waals surface area contributed by atoms with Gasteiger partial charge in [0, 0.05) is 32.6 Å². The van der Waals surface area contributed by atoms with Gasteiger partial charge >= 0.3 is 0 Å². The minimum absolute atomic E-state index is 0.212. The number of hydrogen-bond acceptors (Lipinski definition) is 5. The van der Waals surface area contributed by atoms with Crippen molar-refractivity contribution in [2.75, 3.05) is 36.0 Å².